The van der Waals surface area contributed by atoms with Crippen LogP contribution in [0.3, 0.4) is 0 Å². The second-order valence-electron chi connectivity index (χ2n) is 8.17. The van der Waals surface area contributed by atoms with Gasteiger partial charge in [-0.05, 0) is 30.6 Å². The van der Waals surface area contributed by atoms with Gasteiger partial charge in [0.2, 0.25) is 0 Å². The Kier molecular flexibility index (Phi) is 4.56. The molecule has 4 nitrogen and oxygen atoms in total. The molecular formula is C22H28O4. The van der Waals surface area contributed by atoms with Gasteiger partial charge in [0.25, 0.3) is 0 Å². The van der Waals surface area contributed by atoms with Gasteiger partial charge in [0.05, 0.1) is 26.4 Å². The monoisotopic (exact) mass is 356 g/mol. The van der Waals surface area contributed by atoms with Gasteiger partial charge in [0.15, 0.2) is 5.79 Å². The maximum atomic E-state index is 6.39. The third-order valence-corrected chi connectivity index (χ3v) is 5.36. The number of hydrogen-bond donors (Lipinski definition) is 0. The molecule has 0 N–H and O–H groups in total. The normalized spacial score (nSPS) is 32.0. The quantitative estimate of drug-likeness (QED) is 0.549. The average molecular weight is 356 g/mol. The van der Waals surface area contributed by atoms with Gasteiger partial charge >= 0.3 is 0 Å². The fourth-order valence-electron chi connectivity index (χ4n) is 3.74. The molecule has 26 heavy (non-hydrogen) atoms. The lowest BCUT2D eigenvalue weighted by Crippen LogP contribution is -2.52. The minimum Gasteiger partial charge on any atom is -0.371 e. The minimum atomic E-state index is -0.793. The van der Waals surface area contributed by atoms with E-state index in [1.165, 1.54) is 16.7 Å². The summed E-state index contributed by atoms with van der Waals surface area (Å²) in [4.78, 5) is 0. The van der Waals surface area contributed by atoms with Gasteiger partial charge < -0.3 is 18.9 Å². The molecule has 140 valence electrons. The van der Waals surface area contributed by atoms with Gasteiger partial charge in [0.1, 0.15) is 12.2 Å². The van der Waals surface area contributed by atoms with E-state index in [0.717, 1.165) is 18.8 Å². The molecule has 1 aliphatic carbocycles. The Morgan fingerprint density at radius 2 is 1.65 bits per heavy atom. The first-order valence-electron chi connectivity index (χ1n) is 9.39. The average Bonchev–Trinajstić information content (AvgIpc) is 3.47. The second-order valence-corrected chi connectivity index (χ2v) is 8.17. The zero-order valence-electron chi connectivity index (χ0n) is 16.1. The first-order valence-corrected chi connectivity index (χ1v) is 9.39. The Morgan fingerprint density at radius 1 is 1.04 bits per heavy atom. The summed E-state index contributed by atoms with van der Waals surface area (Å²) in [7, 11) is 0. The molecule has 0 radical (unpaired) electrons. The van der Waals surface area contributed by atoms with Crippen molar-refractivity contribution in [3.05, 3.63) is 53.1 Å². The molecule has 0 spiro atoms. The molecule has 2 aliphatic heterocycles. The van der Waals surface area contributed by atoms with Crippen molar-refractivity contribution >= 4 is 5.57 Å². The topological polar surface area (TPSA) is 43.5 Å². The SMILES string of the molecule is CC1=CC(c2cccc(C)c2)=CC(C)(C)C1(OCC1CO1)OCC1CO1. The molecule has 4 rings (SSSR count). The molecule has 1 aromatic rings. The molecule has 1 aromatic carbocycles. The summed E-state index contributed by atoms with van der Waals surface area (Å²) in [6.45, 7) is 11.2. The Morgan fingerprint density at radius 3 is 2.15 bits per heavy atom. The highest BCUT2D eigenvalue weighted by Gasteiger charge is 2.51. The number of ether oxygens (including phenoxy) is 4. The highest BCUT2D eigenvalue weighted by molar-refractivity contribution is 5.77. The van der Waals surface area contributed by atoms with Crippen molar-refractivity contribution in [1.82, 2.24) is 0 Å². The van der Waals surface area contributed by atoms with Crippen LogP contribution < -0.4 is 0 Å². The van der Waals surface area contributed by atoms with Crippen molar-refractivity contribution in [2.45, 2.75) is 45.7 Å². The van der Waals surface area contributed by atoms with Crippen molar-refractivity contribution in [1.29, 1.82) is 0 Å². The van der Waals surface area contributed by atoms with E-state index in [1.54, 1.807) is 0 Å². The molecule has 3 aliphatic rings. The molecule has 2 unspecified atom stereocenters. The van der Waals surface area contributed by atoms with Crippen LogP contribution in [0.1, 0.15) is 31.9 Å². The minimum absolute atomic E-state index is 0.193. The standard InChI is InChI=1S/C22H28O4/c1-15-6-5-7-17(8-15)18-9-16(2)22(21(3,4)10-18,25-13-19-11-23-19)26-14-20-12-24-20/h5-10,19-20H,11-14H2,1-4H3. The molecule has 0 saturated carbocycles. The smallest absolute Gasteiger partial charge is 0.199 e. The van der Waals surface area contributed by atoms with Gasteiger partial charge in [-0.1, -0.05) is 55.8 Å². The molecule has 4 heteroatoms. The van der Waals surface area contributed by atoms with Crippen LogP contribution in [0.4, 0.5) is 0 Å². The maximum Gasteiger partial charge on any atom is 0.199 e. The Labute approximate surface area is 155 Å². The van der Waals surface area contributed by atoms with Gasteiger partial charge in [-0.2, -0.15) is 0 Å². The Balaban J connectivity index is 1.66. The van der Waals surface area contributed by atoms with Crippen molar-refractivity contribution < 1.29 is 18.9 Å². The van der Waals surface area contributed by atoms with Gasteiger partial charge in [-0.15, -0.1) is 0 Å². The van der Waals surface area contributed by atoms with Gasteiger partial charge in [-0.25, -0.2) is 0 Å². The number of rotatable bonds is 7. The summed E-state index contributed by atoms with van der Waals surface area (Å²) in [6.07, 6.45) is 4.86. The molecule has 0 bridgehead atoms. The molecular weight excluding hydrogens is 328 g/mol. The van der Waals surface area contributed by atoms with Crippen molar-refractivity contribution in [3.63, 3.8) is 0 Å². The summed E-state index contributed by atoms with van der Waals surface area (Å²) in [5, 5.41) is 0. The molecule has 0 amide bonds. The van der Waals surface area contributed by atoms with E-state index in [0.29, 0.717) is 13.2 Å². The van der Waals surface area contributed by atoms with E-state index >= 15 is 0 Å². The van der Waals surface area contributed by atoms with Gasteiger partial charge in [-0.3, -0.25) is 0 Å². The number of epoxide rings is 2. The summed E-state index contributed by atoms with van der Waals surface area (Å²) < 4.78 is 23.5. The molecule has 2 fully saturated rings. The number of allylic oxidation sites excluding steroid dienone is 2. The van der Waals surface area contributed by atoms with Crippen LogP contribution in [0.15, 0.2) is 42.0 Å². The Bertz CT molecular complexity index is 722. The summed E-state index contributed by atoms with van der Waals surface area (Å²) in [5.74, 6) is -0.793. The largest absolute Gasteiger partial charge is 0.371 e. The van der Waals surface area contributed by atoms with E-state index in [9.17, 15) is 0 Å². The molecule has 2 heterocycles. The van der Waals surface area contributed by atoms with E-state index < -0.39 is 5.79 Å². The van der Waals surface area contributed by atoms with Crippen LogP contribution in [-0.2, 0) is 18.9 Å². The van der Waals surface area contributed by atoms with Crippen LogP contribution >= 0.6 is 0 Å². The van der Waals surface area contributed by atoms with E-state index in [4.69, 9.17) is 18.9 Å². The van der Waals surface area contributed by atoms with Crippen LogP contribution in [0.2, 0.25) is 0 Å². The van der Waals surface area contributed by atoms with Crippen molar-refractivity contribution in [2.24, 2.45) is 5.41 Å². The first-order chi connectivity index (χ1) is 12.4. The highest BCUT2D eigenvalue weighted by atomic mass is 16.7. The predicted octanol–water partition coefficient (Wildman–Crippen LogP) is 3.89. The van der Waals surface area contributed by atoms with E-state index in [1.807, 2.05) is 0 Å². The molecule has 0 aromatic heterocycles. The van der Waals surface area contributed by atoms with Crippen molar-refractivity contribution in [3.8, 4) is 0 Å². The lowest BCUT2D eigenvalue weighted by atomic mass is 9.72. The Hall–Kier alpha value is -1.46. The highest BCUT2D eigenvalue weighted by Crippen LogP contribution is 2.48. The number of benzene rings is 1. The predicted molar refractivity (Wildman–Crippen MR) is 101 cm³/mol. The van der Waals surface area contributed by atoms with Crippen LogP contribution in [0.25, 0.3) is 5.57 Å². The molecule has 2 saturated heterocycles. The summed E-state index contributed by atoms with van der Waals surface area (Å²) >= 11 is 0. The first kappa shape index (κ1) is 17.9. The lowest BCUT2D eigenvalue weighted by molar-refractivity contribution is -0.260. The van der Waals surface area contributed by atoms with Crippen LogP contribution in [-0.4, -0.2) is 44.4 Å². The summed E-state index contributed by atoms with van der Waals surface area (Å²) in [5.41, 5.74) is 4.46. The van der Waals surface area contributed by atoms with E-state index in [2.05, 4.69) is 64.1 Å². The third kappa shape index (κ3) is 3.52. The van der Waals surface area contributed by atoms with Crippen LogP contribution in [0.5, 0.6) is 0 Å². The zero-order valence-corrected chi connectivity index (χ0v) is 16.1. The number of aryl methyl sites for hydroxylation is 1. The fraction of sp³-hybridized carbons (Fsp3) is 0.545. The fourth-order valence-corrected chi connectivity index (χ4v) is 3.74. The lowest BCUT2D eigenvalue weighted by Gasteiger charge is -2.47. The van der Waals surface area contributed by atoms with Crippen molar-refractivity contribution in [2.75, 3.05) is 26.4 Å². The summed E-state index contributed by atoms with van der Waals surface area (Å²) in [6, 6.07) is 8.60. The van der Waals surface area contributed by atoms with Crippen LogP contribution in [0, 0.1) is 12.3 Å². The molecule has 2 atom stereocenters. The second kappa shape index (κ2) is 6.61. The van der Waals surface area contributed by atoms with Gasteiger partial charge in [0, 0.05) is 5.41 Å². The number of hydrogen-bond acceptors (Lipinski definition) is 4. The zero-order chi connectivity index (χ0) is 18.4. The third-order valence-electron chi connectivity index (χ3n) is 5.36. The maximum absolute atomic E-state index is 6.39. The van der Waals surface area contributed by atoms with E-state index in [-0.39, 0.29) is 17.6 Å².